The normalized spacial score (nSPS) is 38.5. The van der Waals surface area contributed by atoms with Crippen LogP contribution in [0.15, 0.2) is 5.38 Å². The third kappa shape index (κ3) is 2.30. The molecular weight excluding hydrogens is 282 g/mol. The van der Waals surface area contributed by atoms with Crippen molar-refractivity contribution in [1.82, 2.24) is 4.98 Å². The zero-order valence-electron chi connectivity index (χ0n) is 12.5. The van der Waals surface area contributed by atoms with Crippen LogP contribution in [0.3, 0.4) is 0 Å². The van der Waals surface area contributed by atoms with Gasteiger partial charge in [-0.15, -0.1) is 11.3 Å². The molecule has 1 unspecified atom stereocenters. The van der Waals surface area contributed by atoms with Gasteiger partial charge < -0.3 is 11.1 Å². The highest BCUT2D eigenvalue weighted by atomic mass is 32.1. The molecule has 4 nitrogen and oxygen atoms in total. The van der Waals surface area contributed by atoms with Crippen LogP contribution in [0, 0.1) is 23.2 Å². The average Bonchev–Trinajstić information content (AvgIpc) is 2.85. The molecule has 0 aromatic carbocycles. The highest BCUT2D eigenvalue weighted by Crippen LogP contribution is 2.60. The van der Waals surface area contributed by atoms with Gasteiger partial charge in [-0.2, -0.15) is 0 Å². The van der Waals surface area contributed by atoms with Crippen LogP contribution >= 0.6 is 11.3 Å². The van der Waals surface area contributed by atoms with E-state index in [4.69, 9.17) is 5.73 Å². The Morgan fingerprint density at radius 1 is 1.33 bits per heavy atom. The molecule has 0 aliphatic heterocycles. The highest BCUT2D eigenvalue weighted by Gasteiger charge is 2.54. The minimum Gasteiger partial charge on any atom is -0.323 e. The van der Waals surface area contributed by atoms with Gasteiger partial charge >= 0.3 is 0 Å². The fraction of sp³-hybridized carbons (Fsp3) is 0.750. The number of carbonyl (C=O) groups is 1. The molecule has 1 atom stereocenters. The predicted molar refractivity (Wildman–Crippen MR) is 84.0 cm³/mol. The fourth-order valence-electron chi connectivity index (χ4n) is 5.17. The molecule has 4 aliphatic rings. The predicted octanol–water partition coefficient (Wildman–Crippen LogP) is 3.32. The Kier molecular flexibility index (Phi) is 3.12. The summed E-state index contributed by atoms with van der Waals surface area (Å²) in [5.41, 5.74) is 6.60. The molecule has 0 saturated heterocycles. The van der Waals surface area contributed by atoms with E-state index in [2.05, 4.69) is 10.3 Å². The summed E-state index contributed by atoms with van der Waals surface area (Å²) in [5.74, 6) is 2.58. The number of aromatic nitrogens is 1. The van der Waals surface area contributed by atoms with Gasteiger partial charge in [-0.1, -0.05) is 0 Å². The second kappa shape index (κ2) is 4.78. The molecule has 4 fully saturated rings. The number of carbonyl (C=O) groups excluding carboxylic acids is 1. The Morgan fingerprint density at radius 3 is 2.38 bits per heavy atom. The Balaban J connectivity index is 1.51. The van der Waals surface area contributed by atoms with Gasteiger partial charge in [0.05, 0.1) is 11.1 Å². The SMILES string of the molecule is CC(N)c1csc(NC(=O)C23CC4CC(CC(C4)C2)C3)n1. The van der Waals surface area contributed by atoms with Crippen LogP contribution in [0.2, 0.25) is 0 Å². The van der Waals surface area contributed by atoms with Crippen molar-refractivity contribution in [3.05, 3.63) is 11.1 Å². The summed E-state index contributed by atoms with van der Waals surface area (Å²) in [6.45, 7) is 1.92. The summed E-state index contributed by atoms with van der Waals surface area (Å²) in [6.07, 6.45) is 7.36. The van der Waals surface area contributed by atoms with Gasteiger partial charge in [-0.25, -0.2) is 4.98 Å². The van der Waals surface area contributed by atoms with Crippen molar-refractivity contribution >= 4 is 22.4 Å². The smallest absolute Gasteiger partial charge is 0.232 e. The standard InChI is InChI=1S/C16H23N3OS/c1-9(17)13-8-21-15(18-13)19-14(20)16-5-10-2-11(6-16)4-12(3-10)7-16/h8-12H,2-7,17H2,1H3,(H,18,19,20). The van der Waals surface area contributed by atoms with Crippen LogP contribution in [0.25, 0.3) is 0 Å². The molecule has 1 aromatic rings. The first kappa shape index (κ1) is 13.7. The molecule has 1 amide bonds. The van der Waals surface area contributed by atoms with Crippen LogP contribution < -0.4 is 11.1 Å². The van der Waals surface area contributed by atoms with Crippen LogP contribution in [0.1, 0.15) is 57.2 Å². The molecule has 1 heterocycles. The van der Waals surface area contributed by atoms with Crippen molar-refractivity contribution in [1.29, 1.82) is 0 Å². The van der Waals surface area contributed by atoms with Crippen molar-refractivity contribution in [3.8, 4) is 0 Å². The Bertz CT molecular complexity index is 530. The number of hydrogen-bond acceptors (Lipinski definition) is 4. The summed E-state index contributed by atoms with van der Waals surface area (Å²) in [5, 5.41) is 5.74. The number of thiazole rings is 1. The number of nitrogens with one attached hydrogen (secondary N) is 1. The minimum atomic E-state index is -0.102. The molecule has 1 aromatic heterocycles. The van der Waals surface area contributed by atoms with Gasteiger partial charge in [0, 0.05) is 11.4 Å². The maximum absolute atomic E-state index is 12.9. The first-order valence-electron chi connectivity index (χ1n) is 8.06. The number of nitrogens with two attached hydrogens (primary N) is 1. The van der Waals surface area contributed by atoms with E-state index in [1.807, 2.05) is 12.3 Å². The van der Waals surface area contributed by atoms with E-state index in [1.54, 1.807) is 0 Å². The first-order valence-corrected chi connectivity index (χ1v) is 8.94. The zero-order valence-corrected chi connectivity index (χ0v) is 13.3. The van der Waals surface area contributed by atoms with Gasteiger partial charge in [-0.05, 0) is 63.2 Å². The summed E-state index contributed by atoms with van der Waals surface area (Å²) in [4.78, 5) is 17.3. The van der Waals surface area contributed by atoms with E-state index in [1.165, 1.54) is 30.6 Å². The number of hydrogen-bond donors (Lipinski definition) is 2. The van der Waals surface area contributed by atoms with Crippen molar-refractivity contribution in [2.24, 2.45) is 28.9 Å². The van der Waals surface area contributed by atoms with E-state index in [0.717, 1.165) is 42.7 Å². The maximum atomic E-state index is 12.9. The molecule has 0 spiro atoms. The van der Waals surface area contributed by atoms with E-state index in [0.29, 0.717) is 5.13 Å². The van der Waals surface area contributed by atoms with Crippen LogP contribution in [-0.2, 0) is 4.79 Å². The Labute approximate surface area is 129 Å². The molecule has 4 bridgehead atoms. The van der Waals surface area contributed by atoms with Gasteiger partial charge in [0.15, 0.2) is 5.13 Å². The lowest BCUT2D eigenvalue weighted by atomic mass is 9.49. The third-order valence-corrected chi connectivity index (χ3v) is 6.50. The van der Waals surface area contributed by atoms with E-state index < -0.39 is 0 Å². The molecule has 0 radical (unpaired) electrons. The molecule has 21 heavy (non-hydrogen) atoms. The zero-order chi connectivity index (χ0) is 14.6. The van der Waals surface area contributed by atoms with Crippen molar-refractivity contribution in [2.45, 2.75) is 51.5 Å². The van der Waals surface area contributed by atoms with Gasteiger partial charge in [0.25, 0.3) is 0 Å². The molecule has 4 aliphatic carbocycles. The first-order chi connectivity index (χ1) is 10.0. The molecule has 3 N–H and O–H groups in total. The van der Waals surface area contributed by atoms with Gasteiger partial charge in [0.2, 0.25) is 5.91 Å². The van der Waals surface area contributed by atoms with E-state index in [9.17, 15) is 4.79 Å². The topological polar surface area (TPSA) is 68.0 Å². The lowest BCUT2D eigenvalue weighted by Gasteiger charge is -2.55. The summed E-state index contributed by atoms with van der Waals surface area (Å²) in [6, 6.07) is -0.0774. The second-order valence-corrected chi connectivity index (χ2v) is 8.38. The van der Waals surface area contributed by atoms with Crippen molar-refractivity contribution < 1.29 is 4.79 Å². The monoisotopic (exact) mass is 305 g/mol. The highest BCUT2D eigenvalue weighted by molar-refractivity contribution is 7.13. The fourth-order valence-corrected chi connectivity index (χ4v) is 5.98. The average molecular weight is 305 g/mol. The number of anilines is 1. The number of nitrogens with zero attached hydrogens (tertiary/aromatic N) is 1. The molecule has 5 heteroatoms. The molecule has 114 valence electrons. The van der Waals surface area contributed by atoms with Crippen LogP contribution in [0.4, 0.5) is 5.13 Å². The summed E-state index contributed by atoms with van der Waals surface area (Å²) in [7, 11) is 0. The molecule has 4 saturated carbocycles. The van der Waals surface area contributed by atoms with Gasteiger partial charge in [0.1, 0.15) is 0 Å². The van der Waals surface area contributed by atoms with Crippen molar-refractivity contribution in [3.63, 3.8) is 0 Å². The number of rotatable bonds is 3. The van der Waals surface area contributed by atoms with E-state index in [-0.39, 0.29) is 17.4 Å². The van der Waals surface area contributed by atoms with Crippen LogP contribution in [0.5, 0.6) is 0 Å². The number of amides is 1. The maximum Gasteiger partial charge on any atom is 0.232 e. The van der Waals surface area contributed by atoms with Crippen LogP contribution in [-0.4, -0.2) is 10.9 Å². The largest absolute Gasteiger partial charge is 0.323 e. The van der Waals surface area contributed by atoms with E-state index >= 15 is 0 Å². The second-order valence-electron chi connectivity index (χ2n) is 7.52. The minimum absolute atomic E-state index is 0.0774. The Hall–Kier alpha value is -0.940. The summed E-state index contributed by atoms with van der Waals surface area (Å²) >= 11 is 1.49. The lowest BCUT2D eigenvalue weighted by Crippen LogP contribution is -2.51. The Morgan fingerprint density at radius 2 is 1.90 bits per heavy atom. The third-order valence-electron chi connectivity index (χ3n) is 5.73. The van der Waals surface area contributed by atoms with Crippen molar-refractivity contribution in [2.75, 3.05) is 5.32 Å². The van der Waals surface area contributed by atoms with Gasteiger partial charge in [-0.3, -0.25) is 4.79 Å². The molecular formula is C16H23N3OS. The molecule has 5 rings (SSSR count). The summed E-state index contributed by atoms with van der Waals surface area (Å²) < 4.78 is 0. The lowest BCUT2D eigenvalue weighted by molar-refractivity contribution is -0.140. The quantitative estimate of drug-likeness (QED) is 0.900.